The number of carbonyl (C=O) groups is 1. The summed E-state index contributed by atoms with van der Waals surface area (Å²) in [4.78, 5) is 29.2. The maximum Gasteiger partial charge on any atom is 0.268 e. The van der Waals surface area contributed by atoms with Gasteiger partial charge in [0.25, 0.3) is 5.91 Å². The molecule has 10 nitrogen and oxygen atoms in total. The van der Waals surface area contributed by atoms with Gasteiger partial charge in [-0.3, -0.25) is 14.2 Å². The zero-order valence-electron chi connectivity index (χ0n) is 16.8. The molecule has 31 heavy (non-hydrogen) atoms. The molecule has 0 saturated carbocycles. The fourth-order valence-electron chi connectivity index (χ4n) is 3.33. The maximum atomic E-state index is 14.0. The number of fused-ring (bicyclic) bond motifs is 1. The number of nitrogens with two attached hydrogens (primary N) is 2. The number of imidazole rings is 1. The zero-order valence-corrected chi connectivity index (χ0v) is 16.8. The number of nitrogens with one attached hydrogen (secondary N) is 2. The normalized spacial score (nSPS) is 12.0. The van der Waals surface area contributed by atoms with Crippen LogP contribution in [0.3, 0.4) is 0 Å². The summed E-state index contributed by atoms with van der Waals surface area (Å²) >= 11 is 0. The molecule has 4 aromatic heterocycles. The van der Waals surface area contributed by atoms with Crippen LogP contribution in [-0.2, 0) is 0 Å². The molecule has 0 radical (unpaired) electrons. The fourth-order valence-corrected chi connectivity index (χ4v) is 3.33. The first-order chi connectivity index (χ1) is 14.9. The van der Waals surface area contributed by atoms with Crippen LogP contribution in [0.25, 0.3) is 16.9 Å². The van der Waals surface area contributed by atoms with E-state index in [4.69, 9.17) is 16.5 Å². The molecule has 4 aromatic rings. The molecular weight excluding hydrogens is 401 g/mol. The van der Waals surface area contributed by atoms with Gasteiger partial charge < -0.3 is 22.1 Å². The second kappa shape index (κ2) is 7.86. The van der Waals surface area contributed by atoms with E-state index >= 15 is 0 Å². The topological polar surface area (TPSA) is 149 Å². The van der Waals surface area contributed by atoms with Gasteiger partial charge in [0, 0.05) is 18.8 Å². The van der Waals surface area contributed by atoms with Gasteiger partial charge in [0.05, 0.1) is 23.6 Å². The largest absolute Gasteiger partial charge is 0.393 e. The Morgan fingerprint density at radius 1 is 1.23 bits per heavy atom. The number of amides is 1. The molecule has 0 aromatic carbocycles. The molecule has 1 amide bonds. The summed E-state index contributed by atoms with van der Waals surface area (Å²) in [5.74, 6) is -0.332. The highest BCUT2D eigenvalue weighted by Crippen LogP contribution is 2.33. The lowest BCUT2D eigenvalue weighted by molar-refractivity contribution is 0.0957. The Kier molecular flexibility index (Phi) is 5.07. The lowest BCUT2D eigenvalue weighted by Gasteiger charge is -2.17. The fraction of sp³-hybridized carbons (Fsp3) is 0.150. The van der Waals surface area contributed by atoms with Crippen LogP contribution >= 0.6 is 0 Å². The summed E-state index contributed by atoms with van der Waals surface area (Å²) in [7, 11) is 1.54. The van der Waals surface area contributed by atoms with Crippen molar-refractivity contribution in [3.8, 4) is 11.3 Å². The first kappa shape index (κ1) is 20.0. The monoisotopic (exact) mass is 421 g/mol. The molecule has 0 spiro atoms. The molecule has 0 aliphatic heterocycles. The van der Waals surface area contributed by atoms with Crippen molar-refractivity contribution in [1.82, 2.24) is 29.7 Å². The minimum absolute atomic E-state index is 0.149. The van der Waals surface area contributed by atoms with Crippen LogP contribution in [0.1, 0.15) is 29.1 Å². The van der Waals surface area contributed by atoms with Gasteiger partial charge in [-0.05, 0) is 25.1 Å². The van der Waals surface area contributed by atoms with Crippen LogP contribution in [0.5, 0.6) is 0 Å². The molecule has 0 fully saturated rings. The third-order valence-electron chi connectivity index (χ3n) is 4.79. The Morgan fingerprint density at radius 2 is 2.03 bits per heavy atom. The molecule has 0 aliphatic carbocycles. The third kappa shape index (κ3) is 3.56. The van der Waals surface area contributed by atoms with Crippen LogP contribution in [-0.4, -0.2) is 37.3 Å². The second-order valence-electron chi connectivity index (χ2n) is 6.81. The lowest BCUT2D eigenvalue weighted by Crippen LogP contribution is -2.21. The molecule has 1 atom stereocenters. The number of rotatable bonds is 5. The number of anilines is 3. The quantitative estimate of drug-likeness (QED) is 0.382. The highest BCUT2D eigenvalue weighted by Gasteiger charge is 2.24. The molecule has 158 valence electrons. The first-order valence-electron chi connectivity index (χ1n) is 9.37. The summed E-state index contributed by atoms with van der Waals surface area (Å²) in [5.41, 5.74) is 14.3. The van der Waals surface area contributed by atoms with Crippen molar-refractivity contribution in [2.24, 2.45) is 0 Å². The summed E-state index contributed by atoms with van der Waals surface area (Å²) in [6, 6.07) is 6.05. The van der Waals surface area contributed by atoms with Crippen LogP contribution in [0.2, 0.25) is 0 Å². The van der Waals surface area contributed by atoms with E-state index in [1.54, 1.807) is 22.6 Å². The van der Waals surface area contributed by atoms with Gasteiger partial charge in [0.2, 0.25) is 0 Å². The average molecular weight is 421 g/mol. The number of hydrogen-bond donors (Lipinski definition) is 4. The number of nitrogen functional groups attached to an aromatic ring is 2. The molecule has 0 unspecified atom stereocenters. The summed E-state index contributed by atoms with van der Waals surface area (Å²) in [6.07, 6.45) is 3.92. The van der Waals surface area contributed by atoms with Crippen LogP contribution in [0.4, 0.5) is 21.7 Å². The lowest BCUT2D eigenvalue weighted by atomic mass is 10.1. The Labute approximate surface area is 176 Å². The van der Waals surface area contributed by atoms with Gasteiger partial charge in [-0.2, -0.15) is 0 Å². The van der Waals surface area contributed by atoms with E-state index in [9.17, 15) is 9.18 Å². The molecular formula is C20H20FN9O. The predicted molar refractivity (Wildman–Crippen MR) is 115 cm³/mol. The van der Waals surface area contributed by atoms with Crippen molar-refractivity contribution in [3.63, 3.8) is 0 Å². The molecule has 6 N–H and O–H groups in total. The number of hydrogen-bond acceptors (Lipinski definition) is 8. The smallest absolute Gasteiger partial charge is 0.268 e. The second-order valence-corrected chi connectivity index (χ2v) is 6.81. The Balaban J connectivity index is 1.93. The van der Waals surface area contributed by atoms with Gasteiger partial charge in [-0.15, -0.1) is 0 Å². The highest BCUT2D eigenvalue weighted by molar-refractivity contribution is 5.94. The molecule has 4 rings (SSSR count). The van der Waals surface area contributed by atoms with E-state index in [0.717, 1.165) is 6.20 Å². The van der Waals surface area contributed by atoms with Gasteiger partial charge in [0.1, 0.15) is 29.2 Å². The number of halogens is 1. The molecule has 4 heterocycles. The van der Waals surface area contributed by atoms with Crippen molar-refractivity contribution in [2.75, 3.05) is 23.8 Å². The first-order valence-corrected chi connectivity index (χ1v) is 9.37. The molecule has 0 aliphatic rings. The van der Waals surface area contributed by atoms with E-state index in [2.05, 4.69) is 25.6 Å². The van der Waals surface area contributed by atoms with Crippen molar-refractivity contribution in [1.29, 1.82) is 0 Å². The maximum absolute atomic E-state index is 14.0. The SMILES string of the molecule is CNC(=O)c1cccc2nc([C@H](C)Nc3ncnc(N)c3N)c(-c3cncc(F)c3)n12. The van der Waals surface area contributed by atoms with Crippen LogP contribution < -0.4 is 22.1 Å². The third-order valence-corrected chi connectivity index (χ3v) is 4.79. The minimum Gasteiger partial charge on any atom is -0.393 e. The van der Waals surface area contributed by atoms with Crippen molar-refractivity contribution < 1.29 is 9.18 Å². The van der Waals surface area contributed by atoms with E-state index in [0.29, 0.717) is 34.1 Å². The Bertz CT molecular complexity index is 1290. The van der Waals surface area contributed by atoms with Gasteiger partial charge in [-0.1, -0.05) is 6.07 Å². The van der Waals surface area contributed by atoms with E-state index in [1.165, 1.54) is 25.6 Å². The van der Waals surface area contributed by atoms with Gasteiger partial charge in [-0.25, -0.2) is 19.3 Å². The number of aromatic nitrogens is 5. The number of nitrogens with zero attached hydrogens (tertiary/aromatic N) is 5. The van der Waals surface area contributed by atoms with Crippen LogP contribution in [0.15, 0.2) is 43.0 Å². The Morgan fingerprint density at radius 3 is 2.77 bits per heavy atom. The van der Waals surface area contributed by atoms with Gasteiger partial charge in [0.15, 0.2) is 11.6 Å². The van der Waals surface area contributed by atoms with E-state index < -0.39 is 11.9 Å². The van der Waals surface area contributed by atoms with Crippen molar-refractivity contribution in [2.45, 2.75) is 13.0 Å². The van der Waals surface area contributed by atoms with E-state index in [-0.39, 0.29) is 17.4 Å². The van der Waals surface area contributed by atoms with E-state index in [1.807, 2.05) is 6.92 Å². The van der Waals surface area contributed by atoms with Gasteiger partial charge >= 0.3 is 0 Å². The zero-order chi connectivity index (χ0) is 22.1. The summed E-state index contributed by atoms with van der Waals surface area (Å²) in [6.45, 7) is 1.84. The van der Waals surface area contributed by atoms with Crippen LogP contribution in [0, 0.1) is 5.82 Å². The highest BCUT2D eigenvalue weighted by atomic mass is 19.1. The predicted octanol–water partition coefficient (Wildman–Crippen LogP) is 2.02. The molecule has 0 bridgehead atoms. The number of pyridine rings is 2. The van der Waals surface area contributed by atoms with Crippen molar-refractivity contribution in [3.05, 3.63) is 60.2 Å². The summed E-state index contributed by atoms with van der Waals surface area (Å²) < 4.78 is 15.7. The average Bonchev–Trinajstić information content (AvgIpc) is 3.16. The number of carbonyl (C=O) groups excluding carboxylic acids is 1. The minimum atomic E-state index is -0.510. The Hall–Kier alpha value is -4.28. The van der Waals surface area contributed by atoms with Crippen molar-refractivity contribution >= 4 is 28.9 Å². The molecule has 0 saturated heterocycles. The molecule has 11 heteroatoms. The standard InChI is InChI=1S/C20H20FN9O/c1-10(28-19-15(22)18(23)26-9-27-19)16-17(11-6-12(21)8-25-7-11)30-13(20(31)24-2)4-3-5-14(30)29-16/h3-10H,22H2,1-2H3,(H,24,31)(H3,23,26,27,28)/t10-/m0/s1. The summed E-state index contributed by atoms with van der Waals surface area (Å²) in [5, 5.41) is 5.78.